The van der Waals surface area contributed by atoms with Crippen molar-refractivity contribution in [3.8, 4) is 11.5 Å². The van der Waals surface area contributed by atoms with E-state index in [4.69, 9.17) is 9.47 Å². The number of hydrogen-bond donors (Lipinski definition) is 0. The zero-order valence-corrected chi connectivity index (χ0v) is 12.6. The minimum Gasteiger partial charge on any atom is -0.457 e. The lowest BCUT2D eigenvalue weighted by Crippen LogP contribution is -2.32. The molecule has 4 rings (SSSR count). The van der Waals surface area contributed by atoms with Gasteiger partial charge in [0.1, 0.15) is 11.5 Å². The first-order valence-corrected chi connectivity index (χ1v) is 8.00. The summed E-state index contributed by atoms with van der Waals surface area (Å²) in [6.45, 7) is 0.723. The Hall–Kier alpha value is -1.32. The summed E-state index contributed by atoms with van der Waals surface area (Å²) >= 11 is 3.55. The van der Waals surface area contributed by atoms with Crippen molar-refractivity contribution >= 4 is 15.9 Å². The van der Waals surface area contributed by atoms with Crippen LogP contribution < -0.4 is 4.74 Å². The molecule has 1 saturated heterocycles. The monoisotopic (exact) mass is 330 g/mol. The molecule has 1 atom stereocenters. The smallest absolute Gasteiger partial charge is 0.131 e. The minimum absolute atomic E-state index is 0.0656. The molecule has 1 fully saturated rings. The van der Waals surface area contributed by atoms with Crippen molar-refractivity contribution in [2.24, 2.45) is 0 Å². The van der Waals surface area contributed by atoms with Crippen LogP contribution in [0.25, 0.3) is 0 Å². The van der Waals surface area contributed by atoms with Crippen LogP contribution in [-0.4, -0.2) is 18.0 Å². The van der Waals surface area contributed by atoms with E-state index in [-0.39, 0.29) is 11.5 Å². The molecule has 3 heteroatoms. The average Bonchev–Trinajstić information content (AvgIpc) is 2.93. The van der Waals surface area contributed by atoms with Gasteiger partial charge >= 0.3 is 0 Å². The van der Waals surface area contributed by atoms with Crippen LogP contribution in [0.4, 0.5) is 0 Å². The van der Waals surface area contributed by atoms with Gasteiger partial charge in [-0.05, 0) is 18.6 Å². The Kier molecular flexibility index (Phi) is 2.86. The van der Waals surface area contributed by atoms with Gasteiger partial charge in [-0.3, -0.25) is 0 Å². The van der Waals surface area contributed by atoms with E-state index in [9.17, 15) is 0 Å². The Balaban J connectivity index is 1.93. The highest BCUT2D eigenvalue weighted by atomic mass is 79.9. The van der Waals surface area contributed by atoms with E-state index in [0.717, 1.165) is 29.9 Å². The van der Waals surface area contributed by atoms with Crippen molar-refractivity contribution in [3.05, 3.63) is 59.7 Å². The maximum Gasteiger partial charge on any atom is 0.131 e. The van der Waals surface area contributed by atoms with Crippen molar-refractivity contribution in [3.63, 3.8) is 0 Å². The molecular weight excluding hydrogens is 316 g/mol. The molecule has 0 bridgehead atoms. The molecule has 2 aromatic carbocycles. The average molecular weight is 331 g/mol. The molecule has 2 heterocycles. The van der Waals surface area contributed by atoms with Crippen molar-refractivity contribution < 1.29 is 9.47 Å². The molecule has 0 unspecified atom stereocenters. The number of para-hydroxylation sites is 2. The van der Waals surface area contributed by atoms with E-state index in [2.05, 4.69) is 52.3 Å². The topological polar surface area (TPSA) is 18.5 Å². The maximum atomic E-state index is 6.07. The van der Waals surface area contributed by atoms with Crippen LogP contribution in [0.2, 0.25) is 0 Å². The van der Waals surface area contributed by atoms with E-state index >= 15 is 0 Å². The molecule has 102 valence electrons. The molecule has 1 spiro atoms. The normalized spacial score (nSPS) is 22.1. The summed E-state index contributed by atoms with van der Waals surface area (Å²) in [5, 5.41) is 0.875. The van der Waals surface area contributed by atoms with Gasteiger partial charge in [-0.15, -0.1) is 0 Å². The van der Waals surface area contributed by atoms with Crippen LogP contribution in [0.3, 0.4) is 0 Å². The number of halogens is 1. The SMILES string of the molecule is BrC[C@@H]1CC2(CO1)c1ccccc1Oc1ccccc12. The molecular formula is C17H15BrO2. The second-order valence-electron chi connectivity index (χ2n) is 5.47. The van der Waals surface area contributed by atoms with Crippen molar-refractivity contribution in [1.82, 2.24) is 0 Å². The predicted molar refractivity (Wildman–Crippen MR) is 81.9 cm³/mol. The summed E-state index contributed by atoms with van der Waals surface area (Å²) < 4.78 is 12.1. The first-order valence-electron chi connectivity index (χ1n) is 6.88. The molecule has 2 nitrogen and oxygen atoms in total. The molecule has 0 aromatic heterocycles. The van der Waals surface area contributed by atoms with Crippen molar-refractivity contribution in [1.29, 1.82) is 0 Å². The number of alkyl halides is 1. The van der Waals surface area contributed by atoms with Crippen molar-refractivity contribution in [2.45, 2.75) is 17.9 Å². The highest BCUT2D eigenvalue weighted by molar-refractivity contribution is 9.09. The van der Waals surface area contributed by atoms with Crippen LogP contribution in [0.1, 0.15) is 17.5 Å². The van der Waals surface area contributed by atoms with Crippen LogP contribution in [0.15, 0.2) is 48.5 Å². The largest absolute Gasteiger partial charge is 0.457 e. The van der Waals surface area contributed by atoms with Gasteiger partial charge in [0.2, 0.25) is 0 Å². The maximum absolute atomic E-state index is 6.07. The molecule has 0 saturated carbocycles. The third-order valence-corrected chi connectivity index (χ3v) is 5.06. The number of fused-ring (bicyclic) bond motifs is 4. The first kappa shape index (κ1) is 12.4. The van der Waals surface area contributed by atoms with Gasteiger partial charge in [0, 0.05) is 16.5 Å². The summed E-state index contributed by atoms with van der Waals surface area (Å²) in [5.74, 6) is 1.93. The second kappa shape index (κ2) is 4.61. The molecule has 0 amide bonds. The van der Waals surface area contributed by atoms with Gasteiger partial charge in [0.15, 0.2) is 0 Å². The Morgan fingerprint density at radius 2 is 1.60 bits per heavy atom. The second-order valence-corrected chi connectivity index (χ2v) is 6.12. The molecule has 20 heavy (non-hydrogen) atoms. The Bertz CT molecular complexity index is 607. The van der Waals surface area contributed by atoms with Crippen LogP contribution in [-0.2, 0) is 10.2 Å². The fraction of sp³-hybridized carbons (Fsp3) is 0.294. The van der Waals surface area contributed by atoms with Gasteiger partial charge in [0.25, 0.3) is 0 Å². The Labute approximate surface area is 126 Å². The number of benzene rings is 2. The zero-order chi connectivity index (χ0) is 13.6. The molecule has 2 aromatic rings. The Morgan fingerprint density at radius 1 is 1.00 bits per heavy atom. The van der Waals surface area contributed by atoms with Gasteiger partial charge in [-0.1, -0.05) is 52.3 Å². The highest BCUT2D eigenvalue weighted by Crippen LogP contribution is 2.53. The number of ether oxygens (including phenoxy) is 2. The van der Waals surface area contributed by atoms with E-state index in [1.165, 1.54) is 11.1 Å². The molecule has 0 aliphatic carbocycles. The molecule has 2 aliphatic rings. The van der Waals surface area contributed by atoms with Gasteiger partial charge < -0.3 is 9.47 Å². The lowest BCUT2D eigenvalue weighted by molar-refractivity contribution is 0.122. The quantitative estimate of drug-likeness (QED) is 0.727. The van der Waals surface area contributed by atoms with Crippen LogP contribution in [0.5, 0.6) is 11.5 Å². The summed E-state index contributed by atoms with van der Waals surface area (Å²) in [7, 11) is 0. The minimum atomic E-state index is -0.0656. The van der Waals surface area contributed by atoms with Gasteiger partial charge in [-0.25, -0.2) is 0 Å². The van der Waals surface area contributed by atoms with Crippen molar-refractivity contribution in [2.75, 3.05) is 11.9 Å². The van der Waals surface area contributed by atoms with Gasteiger partial charge in [-0.2, -0.15) is 0 Å². The first-order chi connectivity index (χ1) is 9.83. The molecule has 0 radical (unpaired) electrons. The third-order valence-electron chi connectivity index (χ3n) is 4.34. The van der Waals surface area contributed by atoms with Gasteiger partial charge in [0.05, 0.1) is 18.1 Å². The lowest BCUT2D eigenvalue weighted by atomic mass is 9.71. The van der Waals surface area contributed by atoms with E-state index < -0.39 is 0 Å². The van der Waals surface area contributed by atoms with E-state index in [1.54, 1.807) is 0 Å². The zero-order valence-electron chi connectivity index (χ0n) is 11.0. The van der Waals surface area contributed by atoms with Crippen LogP contribution in [0, 0.1) is 0 Å². The number of rotatable bonds is 1. The fourth-order valence-corrected chi connectivity index (χ4v) is 3.82. The lowest BCUT2D eigenvalue weighted by Gasteiger charge is -2.36. The fourth-order valence-electron chi connectivity index (χ4n) is 3.41. The molecule has 2 aliphatic heterocycles. The summed E-state index contributed by atoms with van der Waals surface area (Å²) in [6, 6.07) is 16.7. The number of hydrogen-bond acceptors (Lipinski definition) is 2. The summed E-state index contributed by atoms with van der Waals surface area (Å²) in [4.78, 5) is 0. The summed E-state index contributed by atoms with van der Waals surface area (Å²) in [5.41, 5.74) is 2.44. The van der Waals surface area contributed by atoms with E-state index in [1.807, 2.05) is 12.1 Å². The summed E-state index contributed by atoms with van der Waals surface area (Å²) in [6.07, 6.45) is 1.25. The standard InChI is InChI=1S/C17H15BrO2/c18-10-12-9-17(11-19-12)13-5-1-3-7-15(13)20-16-8-4-2-6-14(16)17/h1-8,12H,9-11H2/t12-/m0/s1. The van der Waals surface area contributed by atoms with Crippen LogP contribution >= 0.6 is 15.9 Å². The Morgan fingerprint density at radius 3 is 2.15 bits per heavy atom. The van der Waals surface area contributed by atoms with E-state index in [0.29, 0.717) is 0 Å². The predicted octanol–water partition coefficient (Wildman–Crippen LogP) is 4.26. The highest BCUT2D eigenvalue weighted by Gasteiger charge is 2.47. The molecule has 0 N–H and O–H groups in total. The third kappa shape index (κ3) is 1.66.